The van der Waals surface area contributed by atoms with E-state index in [-0.39, 0.29) is 0 Å². The molecule has 3 aliphatic heterocycles. The van der Waals surface area contributed by atoms with Crippen LogP contribution in [-0.4, -0.2) is 93.4 Å². The summed E-state index contributed by atoms with van der Waals surface area (Å²) in [5.41, 5.74) is 27.3. The van der Waals surface area contributed by atoms with Crippen LogP contribution in [0.1, 0.15) is 137 Å². The number of likely N-dealkylation sites (tertiary alicyclic amines) is 3. The van der Waals surface area contributed by atoms with Gasteiger partial charge in [0, 0.05) is 89.6 Å². The van der Waals surface area contributed by atoms with E-state index in [1.54, 1.807) is 0 Å². The van der Waals surface area contributed by atoms with Crippen LogP contribution in [-0.2, 0) is 19.3 Å². The van der Waals surface area contributed by atoms with Crippen LogP contribution >= 0.6 is 23.2 Å². The van der Waals surface area contributed by atoms with Crippen LogP contribution in [0.4, 0.5) is 5.69 Å². The van der Waals surface area contributed by atoms with Crippen molar-refractivity contribution < 1.29 is 14.2 Å². The van der Waals surface area contributed by atoms with E-state index in [1.807, 2.05) is 61.5 Å². The fourth-order valence-corrected chi connectivity index (χ4v) is 17.1. The third kappa shape index (κ3) is 18.8. The van der Waals surface area contributed by atoms with Crippen molar-refractivity contribution in [3.63, 3.8) is 0 Å². The van der Waals surface area contributed by atoms with Crippen LogP contribution in [0.3, 0.4) is 0 Å². The standard InChI is InChI=1S/C34H32ClN3O.C33H31N3O.C32H31ClN2O/c1-3-29(30-13-8-23(2)18-27(30)20-37)33(32-19-26-6-4-5-7-31(26)34(32)35)25-9-11-28(12-10-25)39-17-16-38-21-24(22-38)14-15-36;1-3-30(31-10-6-7-11-32(31)35-2)33(28-20-26-8-4-5-9-27(26)21-28)25-12-14-29(15-13-25)37-19-18-36-22-24(23-36)16-17-34;1-2-29(30-9-5-6-10-31(30)33)32(27-19-25-7-3-4-8-26(25)20-27)24-11-13-28(14-12-24)36-18-17-35-21-23(22-35)15-16-34/h4-13,18,24H,3,14,16-17,19,21-22H2,1-2H3;4-15,20,24H,3,16,18-19,21-23H2,1H3;3-14,19,23H,2,15,17-18,20-22H2,1H3/b33-29+;33-30+;32-29+. The van der Waals surface area contributed by atoms with Gasteiger partial charge in [0.15, 0.2) is 5.69 Å². The summed E-state index contributed by atoms with van der Waals surface area (Å²) in [7, 11) is 0. The van der Waals surface area contributed by atoms with E-state index < -0.39 is 0 Å². The minimum Gasteiger partial charge on any atom is -0.492 e. The summed E-state index contributed by atoms with van der Waals surface area (Å²) < 4.78 is 18.2. The van der Waals surface area contributed by atoms with Gasteiger partial charge in [0.05, 0.1) is 41.4 Å². The van der Waals surface area contributed by atoms with Gasteiger partial charge >= 0.3 is 0 Å². The fraction of sp³-hybridized carbons (Fsp3) is 0.283. The van der Waals surface area contributed by atoms with Gasteiger partial charge in [0.1, 0.15) is 37.1 Å². The van der Waals surface area contributed by atoms with Crippen molar-refractivity contribution in [3.05, 3.63) is 323 Å². The van der Waals surface area contributed by atoms with Crippen molar-refractivity contribution in [1.29, 1.82) is 21.0 Å². The van der Waals surface area contributed by atoms with Crippen molar-refractivity contribution in [2.45, 2.75) is 85.5 Å². The number of nitriles is 4. The van der Waals surface area contributed by atoms with Crippen molar-refractivity contribution >= 4 is 79.5 Å². The molecule has 0 spiro atoms. The molecule has 15 rings (SSSR count). The van der Waals surface area contributed by atoms with Gasteiger partial charge in [0.2, 0.25) is 0 Å². The Morgan fingerprint density at radius 1 is 0.446 bits per heavy atom. The average molecular weight is 1510 g/mol. The molecule has 112 heavy (non-hydrogen) atoms. The maximum atomic E-state index is 9.98. The van der Waals surface area contributed by atoms with Crippen LogP contribution < -0.4 is 14.2 Å². The van der Waals surface area contributed by atoms with E-state index in [1.165, 1.54) is 66.8 Å². The number of allylic oxidation sites excluding steroid dienone is 9. The summed E-state index contributed by atoms with van der Waals surface area (Å²) >= 11 is 13.7. The third-order valence-corrected chi connectivity index (χ3v) is 23.0. The van der Waals surface area contributed by atoms with Crippen LogP contribution in [0.2, 0.25) is 5.02 Å². The van der Waals surface area contributed by atoms with Gasteiger partial charge < -0.3 is 14.2 Å². The Labute approximate surface area is 672 Å². The Balaban J connectivity index is 0.000000147. The molecule has 0 aromatic heterocycles. The molecule has 3 fully saturated rings. The normalized spacial score (nSPS) is 15.8. The number of fused-ring (bicyclic) bond motifs is 3. The maximum absolute atomic E-state index is 9.98. The number of aryl methyl sites for hydroxylation is 1. The zero-order valence-corrected chi connectivity index (χ0v) is 66.0. The predicted molar refractivity (Wildman–Crippen MR) is 457 cm³/mol. The molecule has 0 N–H and O–H groups in total. The molecule has 0 radical (unpaired) electrons. The molecule has 562 valence electrons. The van der Waals surface area contributed by atoms with Gasteiger partial charge in [0.25, 0.3) is 0 Å². The lowest BCUT2D eigenvalue weighted by Crippen LogP contribution is -2.47. The molecule has 6 aliphatic rings. The van der Waals surface area contributed by atoms with E-state index >= 15 is 0 Å². The number of hydrogen-bond donors (Lipinski definition) is 0. The summed E-state index contributed by atoms with van der Waals surface area (Å²) in [6.07, 6.45) is 11.6. The van der Waals surface area contributed by atoms with E-state index in [4.69, 9.17) is 59.8 Å². The second-order valence-electron chi connectivity index (χ2n) is 29.7. The number of rotatable bonds is 27. The van der Waals surface area contributed by atoms with E-state index in [0.29, 0.717) is 68.1 Å². The molecule has 9 aromatic carbocycles. The lowest BCUT2D eigenvalue weighted by molar-refractivity contribution is 0.0853. The molecule has 0 saturated carbocycles. The maximum Gasteiger partial charge on any atom is 0.194 e. The second kappa shape index (κ2) is 38.1. The number of nitrogens with zero attached hydrogens (tertiary/aromatic N) is 8. The summed E-state index contributed by atoms with van der Waals surface area (Å²) in [5, 5.41) is 38.0. The summed E-state index contributed by atoms with van der Waals surface area (Å²) in [6.45, 7) is 26.8. The highest BCUT2D eigenvalue weighted by molar-refractivity contribution is 6.51. The highest BCUT2D eigenvalue weighted by Crippen LogP contribution is 2.48. The lowest BCUT2D eigenvalue weighted by atomic mass is 9.85. The predicted octanol–water partition coefficient (Wildman–Crippen LogP) is 22.6. The zero-order valence-electron chi connectivity index (χ0n) is 64.5. The third-order valence-electron chi connectivity index (χ3n) is 22.2. The highest BCUT2D eigenvalue weighted by Gasteiger charge is 2.31. The number of benzene rings is 9. The first-order valence-corrected chi connectivity index (χ1v) is 40.1. The monoisotopic (exact) mass is 1510 g/mol. The molecule has 3 heterocycles. The van der Waals surface area contributed by atoms with Gasteiger partial charge in [-0.3, -0.25) is 14.7 Å². The molecule has 0 amide bonds. The first-order valence-electron chi connectivity index (χ1n) is 39.3. The Kier molecular flexibility index (Phi) is 26.8. The fourth-order valence-electron chi connectivity index (χ4n) is 16.5. The van der Waals surface area contributed by atoms with Crippen molar-refractivity contribution in [2.75, 3.05) is 78.7 Å². The van der Waals surface area contributed by atoms with E-state index in [9.17, 15) is 5.26 Å². The summed E-state index contributed by atoms with van der Waals surface area (Å²) in [6, 6.07) is 82.0. The number of ether oxygens (including phenoxy) is 3. The molecule has 13 heteroatoms. The molecular weight excluding hydrogens is 1420 g/mol. The number of halogens is 2. The molecule has 0 unspecified atom stereocenters. The highest BCUT2D eigenvalue weighted by atomic mass is 35.5. The first kappa shape index (κ1) is 78.8. The average Bonchev–Trinajstić information content (AvgIpc) is 1.60. The van der Waals surface area contributed by atoms with E-state index in [2.05, 4.69) is 234 Å². The molecular formula is C99H94Cl2N8O3. The van der Waals surface area contributed by atoms with E-state index in [0.717, 1.165) is 180 Å². The minimum absolute atomic E-state index is 0.505. The summed E-state index contributed by atoms with van der Waals surface area (Å²) in [4.78, 5) is 10.8. The largest absolute Gasteiger partial charge is 0.492 e. The molecule has 9 aromatic rings. The molecule has 0 bridgehead atoms. The van der Waals surface area contributed by atoms with Crippen LogP contribution in [0.15, 0.2) is 229 Å². The Morgan fingerprint density at radius 2 is 0.848 bits per heavy atom. The van der Waals surface area contributed by atoms with Crippen molar-refractivity contribution in [3.8, 4) is 41.5 Å². The minimum atomic E-state index is 0.505. The van der Waals surface area contributed by atoms with Gasteiger partial charge in [-0.05, 0) is 228 Å². The van der Waals surface area contributed by atoms with Crippen LogP contribution in [0.25, 0.3) is 55.5 Å². The molecule has 3 saturated heterocycles. The second-order valence-corrected chi connectivity index (χ2v) is 30.5. The SMILES string of the molecule is CC/C(=C(\C1=C(Cl)c2ccccc2C1)c1ccc(OCCN2CC(CC#N)C2)cc1)c1ccc(C)cc1C#N.CC/C(=C(\C1=Cc2ccccc2C1)c1ccc(OCCN2CC(CC#N)C2)cc1)c1ccccc1Cl.[C-]#[N+]c1ccccc1/C(CC)=C(/C1=Cc2ccccc2C1)c1ccc(OCCN2CC(CC#N)C2)cc1. The number of hydrogen-bond acceptors (Lipinski definition) is 10. The smallest absolute Gasteiger partial charge is 0.194 e. The van der Waals surface area contributed by atoms with Crippen molar-refractivity contribution in [2.24, 2.45) is 17.8 Å². The molecule has 11 nitrogen and oxygen atoms in total. The Morgan fingerprint density at radius 3 is 1.28 bits per heavy atom. The Hall–Kier alpha value is -11.3. The van der Waals surface area contributed by atoms with Crippen LogP contribution in [0, 0.1) is 76.6 Å². The van der Waals surface area contributed by atoms with Gasteiger partial charge in [-0.25, -0.2) is 4.85 Å². The quantitative estimate of drug-likeness (QED) is 0.0361. The molecule has 3 aliphatic carbocycles. The lowest BCUT2D eigenvalue weighted by Gasteiger charge is -2.37. The topological polar surface area (TPSA) is 137 Å². The van der Waals surface area contributed by atoms with Gasteiger partial charge in [-0.15, -0.1) is 0 Å². The van der Waals surface area contributed by atoms with Crippen LogP contribution in [0.5, 0.6) is 17.2 Å². The van der Waals surface area contributed by atoms with Gasteiger partial charge in [-0.1, -0.05) is 220 Å². The Bertz CT molecular complexity index is 5300. The molecule has 0 atom stereocenters. The summed E-state index contributed by atoms with van der Waals surface area (Å²) in [5.74, 6) is 4.12. The number of para-hydroxylation sites is 1. The van der Waals surface area contributed by atoms with Crippen molar-refractivity contribution in [1.82, 2.24) is 14.7 Å². The van der Waals surface area contributed by atoms with Gasteiger partial charge in [-0.2, -0.15) is 21.0 Å². The zero-order chi connectivity index (χ0) is 77.9. The first-order chi connectivity index (χ1) is 54.9.